The number of hydrogen-bond acceptors (Lipinski definition) is 5. The Balaban J connectivity index is 2.04. The Morgan fingerprint density at radius 3 is 2.57 bits per heavy atom. The molecule has 5 nitrogen and oxygen atoms in total. The largest absolute Gasteiger partial charge is 0.369 e. The minimum Gasteiger partial charge on any atom is -0.369 e. The number of aromatic nitrogens is 2. The van der Waals surface area contributed by atoms with Gasteiger partial charge in [0, 0.05) is 12.1 Å². The third kappa shape index (κ3) is 3.92. The maximum absolute atomic E-state index is 5.52. The predicted molar refractivity (Wildman–Crippen MR) is 87.2 cm³/mol. The number of nitrogens with one attached hydrogen (secondary N) is 2. The SMILES string of the molecule is CCCc1c(NN)ncnc1NCCc1ccccc1C. The highest BCUT2D eigenvalue weighted by atomic mass is 15.3. The van der Waals surface area contributed by atoms with Crippen LogP contribution in [-0.2, 0) is 12.8 Å². The molecule has 1 heterocycles. The molecular weight excluding hydrogens is 262 g/mol. The van der Waals surface area contributed by atoms with E-state index in [2.05, 4.69) is 58.8 Å². The third-order valence-corrected chi connectivity index (χ3v) is 3.53. The Bertz CT molecular complexity index is 583. The molecule has 2 rings (SSSR count). The molecule has 0 unspecified atom stereocenters. The van der Waals surface area contributed by atoms with Gasteiger partial charge in [-0.3, -0.25) is 0 Å². The van der Waals surface area contributed by atoms with E-state index in [9.17, 15) is 0 Å². The van der Waals surface area contributed by atoms with Gasteiger partial charge in [0.15, 0.2) is 0 Å². The fourth-order valence-corrected chi connectivity index (χ4v) is 2.38. The van der Waals surface area contributed by atoms with Gasteiger partial charge >= 0.3 is 0 Å². The first kappa shape index (κ1) is 15.3. The van der Waals surface area contributed by atoms with E-state index >= 15 is 0 Å². The Hall–Kier alpha value is -2.14. The fraction of sp³-hybridized carbons (Fsp3) is 0.375. The molecule has 0 spiro atoms. The van der Waals surface area contributed by atoms with Crippen LogP contribution in [-0.4, -0.2) is 16.5 Å². The van der Waals surface area contributed by atoms with Crippen LogP contribution >= 0.6 is 0 Å². The molecule has 21 heavy (non-hydrogen) atoms. The number of benzene rings is 1. The van der Waals surface area contributed by atoms with Gasteiger partial charge in [-0.2, -0.15) is 0 Å². The van der Waals surface area contributed by atoms with E-state index in [1.54, 1.807) is 0 Å². The molecule has 0 aliphatic carbocycles. The first-order valence-corrected chi connectivity index (χ1v) is 7.35. The van der Waals surface area contributed by atoms with Gasteiger partial charge in [-0.15, -0.1) is 0 Å². The number of hydrogen-bond donors (Lipinski definition) is 3. The second-order valence-corrected chi connectivity index (χ2v) is 5.05. The number of aryl methyl sites for hydroxylation is 1. The minimum atomic E-state index is 0.699. The van der Waals surface area contributed by atoms with Crippen molar-refractivity contribution in [3.05, 3.63) is 47.3 Å². The number of nitrogen functional groups attached to an aromatic ring is 1. The zero-order valence-electron chi connectivity index (χ0n) is 12.7. The molecule has 1 aromatic carbocycles. The summed E-state index contributed by atoms with van der Waals surface area (Å²) < 4.78 is 0. The van der Waals surface area contributed by atoms with Crippen molar-refractivity contribution in [1.29, 1.82) is 0 Å². The van der Waals surface area contributed by atoms with Crippen molar-refractivity contribution < 1.29 is 0 Å². The van der Waals surface area contributed by atoms with Crippen LogP contribution in [0, 0.1) is 6.92 Å². The number of hydrazine groups is 1. The molecule has 0 radical (unpaired) electrons. The topological polar surface area (TPSA) is 75.9 Å². The second-order valence-electron chi connectivity index (χ2n) is 5.05. The minimum absolute atomic E-state index is 0.699. The standard InChI is InChI=1S/C16H23N5/c1-3-6-14-15(19-11-20-16(14)21-17)18-10-9-13-8-5-4-7-12(13)2/h4-5,7-8,11H,3,6,9-10,17H2,1-2H3,(H2,18,19,20,21). The van der Waals surface area contributed by atoms with Crippen molar-refractivity contribution in [2.24, 2.45) is 5.84 Å². The number of anilines is 2. The fourth-order valence-electron chi connectivity index (χ4n) is 2.38. The van der Waals surface area contributed by atoms with Gasteiger partial charge in [-0.1, -0.05) is 37.6 Å². The van der Waals surface area contributed by atoms with E-state index in [1.165, 1.54) is 17.5 Å². The quantitative estimate of drug-likeness (QED) is 0.538. The van der Waals surface area contributed by atoms with Gasteiger partial charge in [-0.25, -0.2) is 15.8 Å². The molecule has 0 aliphatic heterocycles. The van der Waals surface area contributed by atoms with Gasteiger partial charge in [0.2, 0.25) is 0 Å². The van der Waals surface area contributed by atoms with Crippen LogP contribution in [0.5, 0.6) is 0 Å². The number of nitrogens with two attached hydrogens (primary N) is 1. The zero-order chi connectivity index (χ0) is 15.1. The maximum atomic E-state index is 5.52. The highest BCUT2D eigenvalue weighted by Gasteiger charge is 2.09. The van der Waals surface area contributed by atoms with E-state index in [1.807, 2.05) is 0 Å². The molecule has 0 amide bonds. The van der Waals surface area contributed by atoms with Crippen molar-refractivity contribution in [3.8, 4) is 0 Å². The summed E-state index contributed by atoms with van der Waals surface area (Å²) >= 11 is 0. The van der Waals surface area contributed by atoms with E-state index in [0.717, 1.165) is 37.2 Å². The smallest absolute Gasteiger partial charge is 0.148 e. The van der Waals surface area contributed by atoms with Gasteiger partial charge in [0.25, 0.3) is 0 Å². The summed E-state index contributed by atoms with van der Waals surface area (Å²) in [6.07, 6.45) is 4.42. The Morgan fingerprint density at radius 1 is 1.10 bits per heavy atom. The molecule has 0 saturated carbocycles. The Labute approximate surface area is 126 Å². The van der Waals surface area contributed by atoms with Gasteiger partial charge < -0.3 is 10.7 Å². The summed E-state index contributed by atoms with van der Waals surface area (Å²) in [5, 5.41) is 3.40. The predicted octanol–water partition coefficient (Wildman–Crippen LogP) is 2.68. The summed E-state index contributed by atoms with van der Waals surface area (Å²) in [5.41, 5.74) is 6.37. The van der Waals surface area contributed by atoms with E-state index in [-0.39, 0.29) is 0 Å². The molecule has 0 aliphatic rings. The molecule has 1 aromatic heterocycles. The van der Waals surface area contributed by atoms with E-state index in [4.69, 9.17) is 5.84 Å². The summed E-state index contributed by atoms with van der Waals surface area (Å²) in [4.78, 5) is 8.51. The van der Waals surface area contributed by atoms with Gasteiger partial charge in [0.1, 0.15) is 18.0 Å². The molecular formula is C16H23N5. The third-order valence-electron chi connectivity index (χ3n) is 3.53. The molecule has 0 saturated heterocycles. The second kappa shape index (κ2) is 7.59. The summed E-state index contributed by atoms with van der Waals surface area (Å²) in [7, 11) is 0. The average molecular weight is 285 g/mol. The lowest BCUT2D eigenvalue weighted by atomic mass is 10.1. The Kier molecular flexibility index (Phi) is 5.51. The van der Waals surface area contributed by atoms with Crippen molar-refractivity contribution in [1.82, 2.24) is 9.97 Å². The number of nitrogens with zero attached hydrogens (tertiary/aromatic N) is 2. The van der Waals surface area contributed by atoms with Crippen LogP contribution < -0.4 is 16.6 Å². The highest BCUT2D eigenvalue weighted by molar-refractivity contribution is 5.57. The molecule has 4 N–H and O–H groups in total. The first-order chi connectivity index (χ1) is 10.3. The lowest BCUT2D eigenvalue weighted by Crippen LogP contribution is -2.15. The van der Waals surface area contributed by atoms with Gasteiger partial charge in [-0.05, 0) is 30.9 Å². The summed E-state index contributed by atoms with van der Waals surface area (Å²) in [5.74, 6) is 7.09. The van der Waals surface area contributed by atoms with Crippen LogP contribution in [0.1, 0.15) is 30.0 Å². The molecule has 2 aromatic rings. The lowest BCUT2D eigenvalue weighted by molar-refractivity contribution is 0.892. The van der Waals surface area contributed by atoms with Crippen molar-refractivity contribution in [3.63, 3.8) is 0 Å². The summed E-state index contributed by atoms with van der Waals surface area (Å²) in [6.45, 7) is 5.10. The Morgan fingerprint density at radius 2 is 1.86 bits per heavy atom. The lowest BCUT2D eigenvalue weighted by Gasteiger charge is -2.13. The van der Waals surface area contributed by atoms with Crippen molar-refractivity contribution in [2.45, 2.75) is 33.1 Å². The van der Waals surface area contributed by atoms with Gasteiger partial charge in [0.05, 0.1) is 0 Å². The highest BCUT2D eigenvalue weighted by Crippen LogP contribution is 2.20. The van der Waals surface area contributed by atoms with Crippen LogP contribution in [0.2, 0.25) is 0 Å². The van der Waals surface area contributed by atoms with E-state index < -0.39 is 0 Å². The monoisotopic (exact) mass is 285 g/mol. The zero-order valence-corrected chi connectivity index (χ0v) is 12.7. The maximum Gasteiger partial charge on any atom is 0.148 e. The first-order valence-electron chi connectivity index (χ1n) is 7.35. The van der Waals surface area contributed by atoms with Crippen LogP contribution in [0.3, 0.4) is 0 Å². The van der Waals surface area contributed by atoms with Crippen LogP contribution in [0.15, 0.2) is 30.6 Å². The van der Waals surface area contributed by atoms with Crippen LogP contribution in [0.4, 0.5) is 11.6 Å². The molecule has 0 fully saturated rings. The molecule has 5 heteroatoms. The van der Waals surface area contributed by atoms with E-state index in [0.29, 0.717) is 5.82 Å². The number of rotatable bonds is 7. The molecule has 112 valence electrons. The van der Waals surface area contributed by atoms with Crippen molar-refractivity contribution in [2.75, 3.05) is 17.3 Å². The normalized spacial score (nSPS) is 10.4. The summed E-state index contributed by atoms with van der Waals surface area (Å²) in [6, 6.07) is 8.44. The average Bonchev–Trinajstić information content (AvgIpc) is 2.51. The molecule has 0 atom stereocenters. The van der Waals surface area contributed by atoms with Crippen LogP contribution in [0.25, 0.3) is 0 Å². The molecule has 0 bridgehead atoms. The van der Waals surface area contributed by atoms with Crippen molar-refractivity contribution >= 4 is 11.6 Å².